The Morgan fingerprint density at radius 1 is 1.30 bits per heavy atom. The van der Waals surface area contributed by atoms with Gasteiger partial charge in [-0.2, -0.15) is 0 Å². The first-order valence-corrected chi connectivity index (χ1v) is 8.01. The molecular formula is C16H28N5O2+. The molecule has 0 aliphatic heterocycles. The molecule has 0 unspecified atom stereocenters. The summed E-state index contributed by atoms with van der Waals surface area (Å²) in [5, 5.41) is 2.88. The SMILES string of the molecule is CC(C)CN(CCC(=O)NCC[NH+](C)C)C(=O)c1cnccn1. The zero-order chi connectivity index (χ0) is 17.2. The summed E-state index contributed by atoms with van der Waals surface area (Å²) in [5.41, 5.74) is 0.310. The molecule has 0 bridgehead atoms. The summed E-state index contributed by atoms with van der Waals surface area (Å²) in [6, 6.07) is 0. The summed E-state index contributed by atoms with van der Waals surface area (Å²) in [5.74, 6) is 0.0975. The maximum atomic E-state index is 12.5. The van der Waals surface area contributed by atoms with Gasteiger partial charge in [-0.1, -0.05) is 13.8 Å². The van der Waals surface area contributed by atoms with E-state index < -0.39 is 0 Å². The maximum Gasteiger partial charge on any atom is 0.274 e. The van der Waals surface area contributed by atoms with Gasteiger partial charge < -0.3 is 15.1 Å². The van der Waals surface area contributed by atoms with Gasteiger partial charge in [-0.3, -0.25) is 14.6 Å². The standard InChI is InChI=1S/C16H27N5O2/c1-13(2)12-21(16(23)14-11-17-6-7-18-14)9-5-15(22)19-8-10-20(3)4/h6-7,11,13H,5,8-10,12H2,1-4H3,(H,19,22)/p+1. The highest BCUT2D eigenvalue weighted by molar-refractivity contribution is 5.92. The highest BCUT2D eigenvalue weighted by Crippen LogP contribution is 2.05. The second-order valence-corrected chi connectivity index (χ2v) is 6.29. The number of nitrogens with one attached hydrogen (secondary N) is 2. The summed E-state index contributed by atoms with van der Waals surface area (Å²) in [4.78, 5) is 35.3. The molecule has 7 nitrogen and oxygen atoms in total. The lowest BCUT2D eigenvalue weighted by Gasteiger charge is -2.24. The van der Waals surface area contributed by atoms with Crippen LogP contribution < -0.4 is 10.2 Å². The second-order valence-electron chi connectivity index (χ2n) is 6.29. The van der Waals surface area contributed by atoms with Crippen LogP contribution in [0.25, 0.3) is 0 Å². The van der Waals surface area contributed by atoms with Crippen molar-refractivity contribution in [2.75, 3.05) is 40.3 Å². The Morgan fingerprint density at radius 2 is 2.04 bits per heavy atom. The fourth-order valence-corrected chi connectivity index (χ4v) is 2.06. The van der Waals surface area contributed by atoms with Crippen molar-refractivity contribution in [1.29, 1.82) is 0 Å². The van der Waals surface area contributed by atoms with Crippen molar-refractivity contribution in [2.45, 2.75) is 20.3 Å². The lowest BCUT2D eigenvalue weighted by Crippen LogP contribution is -3.06. The molecule has 2 amide bonds. The lowest BCUT2D eigenvalue weighted by molar-refractivity contribution is -0.856. The molecule has 0 spiro atoms. The minimum Gasteiger partial charge on any atom is -0.350 e. The third-order valence-electron chi connectivity index (χ3n) is 3.21. The van der Waals surface area contributed by atoms with Gasteiger partial charge >= 0.3 is 0 Å². The number of carbonyl (C=O) groups excluding carboxylic acids is 2. The van der Waals surface area contributed by atoms with Crippen LogP contribution in [0.4, 0.5) is 0 Å². The molecule has 0 saturated carbocycles. The first-order valence-electron chi connectivity index (χ1n) is 8.01. The van der Waals surface area contributed by atoms with Crippen molar-refractivity contribution in [3.8, 4) is 0 Å². The molecule has 0 aromatic carbocycles. The largest absolute Gasteiger partial charge is 0.350 e. The molecule has 0 aliphatic rings. The maximum absolute atomic E-state index is 12.5. The molecule has 0 radical (unpaired) electrons. The molecule has 0 saturated heterocycles. The number of amides is 2. The van der Waals surface area contributed by atoms with E-state index in [1.807, 2.05) is 27.9 Å². The summed E-state index contributed by atoms with van der Waals surface area (Å²) >= 11 is 0. The second kappa shape index (κ2) is 9.89. The monoisotopic (exact) mass is 322 g/mol. The average Bonchev–Trinajstić information content (AvgIpc) is 2.51. The van der Waals surface area contributed by atoms with E-state index in [0.717, 1.165) is 6.54 Å². The molecule has 0 fully saturated rings. The van der Waals surface area contributed by atoms with Crippen molar-refractivity contribution in [3.05, 3.63) is 24.3 Å². The van der Waals surface area contributed by atoms with E-state index in [1.165, 1.54) is 23.5 Å². The number of nitrogens with zero attached hydrogens (tertiary/aromatic N) is 3. The molecule has 2 N–H and O–H groups in total. The Kier molecular flexibility index (Phi) is 8.18. The van der Waals surface area contributed by atoms with Crippen LogP contribution in [0.5, 0.6) is 0 Å². The third-order valence-corrected chi connectivity index (χ3v) is 3.21. The first-order chi connectivity index (χ1) is 10.9. The molecule has 23 heavy (non-hydrogen) atoms. The van der Waals surface area contributed by atoms with Crippen LogP contribution >= 0.6 is 0 Å². The van der Waals surface area contributed by atoms with Crippen molar-refractivity contribution >= 4 is 11.8 Å². The number of carbonyl (C=O) groups is 2. The van der Waals surface area contributed by atoms with Crippen LogP contribution in [-0.2, 0) is 4.79 Å². The van der Waals surface area contributed by atoms with Crippen LogP contribution in [-0.4, -0.2) is 67.0 Å². The Hall–Kier alpha value is -2.02. The van der Waals surface area contributed by atoms with Crippen molar-refractivity contribution < 1.29 is 14.5 Å². The Balaban J connectivity index is 2.55. The minimum absolute atomic E-state index is 0.0352. The van der Waals surface area contributed by atoms with E-state index in [2.05, 4.69) is 15.3 Å². The molecule has 1 heterocycles. The smallest absolute Gasteiger partial charge is 0.274 e. The van der Waals surface area contributed by atoms with Gasteiger partial charge in [0.2, 0.25) is 5.91 Å². The zero-order valence-corrected chi connectivity index (χ0v) is 14.5. The molecule has 7 heteroatoms. The molecular weight excluding hydrogens is 294 g/mol. The molecule has 1 aromatic heterocycles. The van der Waals surface area contributed by atoms with Crippen molar-refractivity contribution in [3.63, 3.8) is 0 Å². The quantitative estimate of drug-likeness (QED) is 0.625. The van der Waals surface area contributed by atoms with Gasteiger partial charge in [0.05, 0.1) is 33.4 Å². The molecule has 128 valence electrons. The molecule has 1 rings (SSSR count). The third kappa shape index (κ3) is 7.69. The van der Waals surface area contributed by atoms with E-state index in [4.69, 9.17) is 0 Å². The zero-order valence-electron chi connectivity index (χ0n) is 14.5. The van der Waals surface area contributed by atoms with Crippen molar-refractivity contribution in [2.24, 2.45) is 5.92 Å². The molecule has 1 aromatic rings. The Morgan fingerprint density at radius 3 is 2.61 bits per heavy atom. The number of quaternary nitrogens is 1. The normalized spacial score (nSPS) is 10.9. The first kappa shape index (κ1) is 19.0. The summed E-state index contributed by atoms with van der Waals surface area (Å²) in [7, 11) is 4.08. The van der Waals surface area contributed by atoms with Gasteiger partial charge in [-0.25, -0.2) is 4.98 Å². The number of likely N-dealkylation sites (N-methyl/N-ethyl adjacent to an activating group) is 1. The topological polar surface area (TPSA) is 79.6 Å². The van der Waals surface area contributed by atoms with E-state index in [0.29, 0.717) is 37.7 Å². The predicted molar refractivity (Wildman–Crippen MR) is 88.1 cm³/mol. The lowest BCUT2D eigenvalue weighted by atomic mass is 10.2. The van der Waals surface area contributed by atoms with E-state index in [9.17, 15) is 9.59 Å². The van der Waals surface area contributed by atoms with E-state index in [1.54, 1.807) is 4.90 Å². The summed E-state index contributed by atoms with van der Waals surface area (Å²) in [6.07, 6.45) is 4.78. The number of hydrogen-bond donors (Lipinski definition) is 2. The summed E-state index contributed by atoms with van der Waals surface area (Å²) < 4.78 is 0. The fraction of sp³-hybridized carbons (Fsp3) is 0.625. The van der Waals surface area contributed by atoms with Crippen LogP contribution in [0.15, 0.2) is 18.6 Å². The van der Waals surface area contributed by atoms with E-state index >= 15 is 0 Å². The summed E-state index contributed by atoms with van der Waals surface area (Å²) in [6.45, 7) is 6.57. The van der Waals surface area contributed by atoms with Gasteiger partial charge in [0, 0.05) is 31.9 Å². The Bertz CT molecular complexity index is 491. The highest BCUT2D eigenvalue weighted by Gasteiger charge is 2.19. The molecule has 0 atom stereocenters. The Labute approximate surface area is 138 Å². The number of aromatic nitrogens is 2. The van der Waals surface area contributed by atoms with Gasteiger partial charge in [0.1, 0.15) is 5.69 Å². The van der Waals surface area contributed by atoms with Crippen LogP contribution in [0.3, 0.4) is 0 Å². The minimum atomic E-state index is -0.183. The van der Waals surface area contributed by atoms with E-state index in [-0.39, 0.29) is 11.8 Å². The highest BCUT2D eigenvalue weighted by atomic mass is 16.2. The van der Waals surface area contributed by atoms with Crippen LogP contribution in [0.1, 0.15) is 30.8 Å². The van der Waals surface area contributed by atoms with Crippen LogP contribution in [0, 0.1) is 5.92 Å². The average molecular weight is 322 g/mol. The van der Waals surface area contributed by atoms with Gasteiger partial charge in [-0.05, 0) is 5.92 Å². The number of hydrogen-bond acceptors (Lipinski definition) is 4. The molecule has 0 aliphatic carbocycles. The van der Waals surface area contributed by atoms with Crippen LogP contribution in [0.2, 0.25) is 0 Å². The fourth-order valence-electron chi connectivity index (χ4n) is 2.06. The van der Waals surface area contributed by atoms with Gasteiger partial charge in [-0.15, -0.1) is 0 Å². The number of rotatable bonds is 9. The predicted octanol–water partition coefficient (Wildman–Crippen LogP) is -0.774. The van der Waals surface area contributed by atoms with Gasteiger partial charge in [0.15, 0.2) is 0 Å². The van der Waals surface area contributed by atoms with Crippen molar-refractivity contribution in [1.82, 2.24) is 20.2 Å². The van der Waals surface area contributed by atoms with Gasteiger partial charge in [0.25, 0.3) is 5.91 Å².